The van der Waals surface area contributed by atoms with E-state index in [0.29, 0.717) is 10.6 Å². The summed E-state index contributed by atoms with van der Waals surface area (Å²) in [6.07, 6.45) is 5.50. The van der Waals surface area contributed by atoms with Crippen LogP contribution in [0.25, 0.3) is 6.08 Å². The molecule has 0 fully saturated rings. The molecule has 0 N–H and O–H groups in total. The van der Waals surface area contributed by atoms with Gasteiger partial charge in [0.05, 0.1) is 0 Å². The molecule has 0 aromatic heterocycles. The first-order valence-electron chi connectivity index (χ1n) is 4.30. The molecule has 1 aromatic carbocycles. The third-order valence-electron chi connectivity index (χ3n) is 1.79. The minimum atomic E-state index is 0.602. The van der Waals surface area contributed by atoms with Crippen molar-refractivity contribution in [2.24, 2.45) is 0 Å². The molecular formula is C11H11ClOS. The lowest BCUT2D eigenvalue weighted by Crippen LogP contribution is -1.86. The SMILES string of the molecule is O=Cc1cccc(Cl)c1C=CCCS. The Morgan fingerprint density at radius 2 is 2.21 bits per heavy atom. The number of carbonyl (C=O) groups is 1. The number of thiol groups is 1. The third-order valence-corrected chi connectivity index (χ3v) is 2.38. The molecular weight excluding hydrogens is 216 g/mol. The Morgan fingerprint density at radius 3 is 2.86 bits per heavy atom. The molecule has 0 aliphatic rings. The van der Waals surface area contributed by atoms with E-state index in [9.17, 15) is 4.79 Å². The number of rotatable bonds is 4. The summed E-state index contributed by atoms with van der Waals surface area (Å²) in [6.45, 7) is 0. The first-order chi connectivity index (χ1) is 6.79. The van der Waals surface area contributed by atoms with Gasteiger partial charge in [-0.3, -0.25) is 4.79 Å². The molecule has 0 aliphatic heterocycles. The van der Waals surface area contributed by atoms with Crippen LogP contribution in [-0.2, 0) is 0 Å². The molecule has 14 heavy (non-hydrogen) atoms. The van der Waals surface area contributed by atoms with E-state index in [0.717, 1.165) is 24.0 Å². The first-order valence-corrected chi connectivity index (χ1v) is 5.31. The molecule has 1 nitrogen and oxygen atoms in total. The second kappa shape index (κ2) is 5.89. The van der Waals surface area contributed by atoms with Crippen molar-refractivity contribution in [1.29, 1.82) is 0 Å². The highest BCUT2D eigenvalue weighted by Crippen LogP contribution is 2.20. The first kappa shape index (κ1) is 11.3. The maximum atomic E-state index is 10.7. The number of halogens is 1. The molecule has 0 amide bonds. The molecule has 0 radical (unpaired) electrons. The van der Waals surface area contributed by atoms with E-state index < -0.39 is 0 Å². The molecule has 3 heteroatoms. The van der Waals surface area contributed by atoms with Crippen molar-refractivity contribution < 1.29 is 4.79 Å². The standard InChI is InChI=1S/C11H11ClOS/c12-11-6-3-4-9(8-13)10(11)5-1-2-7-14/h1,3-6,8,14H,2,7H2. The Labute approximate surface area is 94.2 Å². The fourth-order valence-electron chi connectivity index (χ4n) is 1.11. The van der Waals surface area contributed by atoms with Crippen LogP contribution < -0.4 is 0 Å². The second-order valence-electron chi connectivity index (χ2n) is 2.78. The summed E-state index contributed by atoms with van der Waals surface area (Å²) < 4.78 is 0. The predicted molar refractivity (Wildman–Crippen MR) is 64.3 cm³/mol. The Hall–Kier alpha value is -0.730. The van der Waals surface area contributed by atoms with Crippen LogP contribution >= 0.6 is 24.2 Å². The van der Waals surface area contributed by atoms with Crippen LogP contribution in [0.2, 0.25) is 5.02 Å². The van der Waals surface area contributed by atoms with E-state index in [1.807, 2.05) is 12.2 Å². The van der Waals surface area contributed by atoms with E-state index in [1.165, 1.54) is 0 Å². The Bertz CT molecular complexity index is 347. The van der Waals surface area contributed by atoms with Gasteiger partial charge in [0.25, 0.3) is 0 Å². The number of hydrogen-bond donors (Lipinski definition) is 1. The molecule has 1 rings (SSSR count). The van der Waals surface area contributed by atoms with E-state index in [1.54, 1.807) is 18.2 Å². The van der Waals surface area contributed by atoms with Gasteiger partial charge in [0.15, 0.2) is 6.29 Å². The van der Waals surface area contributed by atoms with Gasteiger partial charge in [-0.2, -0.15) is 12.6 Å². The quantitative estimate of drug-likeness (QED) is 0.615. The number of hydrogen-bond acceptors (Lipinski definition) is 2. The molecule has 1 aromatic rings. The van der Waals surface area contributed by atoms with Gasteiger partial charge in [0, 0.05) is 16.1 Å². The van der Waals surface area contributed by atoms with Crippen molar-refractivity contribution in [1.82, 2.24) is 0 Å². The normalized spacial score (nSPS) is 10.7. The Balaban J connectivity index is 2.98. The molecule has 0 bridgehead atoms. The minimum absolute atomic E-state index is 0.602. The van der Waals surface area contributed by atoms with Crippen LogP contribution in [-0.4, -0.2) is 12.0 Å². The van der Waals surface area contributed by atoms with Gasteiger partial charge in [-0.15, -0.1) is 0 Å². The van der Waals surface area contributed by atoms with Crippen molar-refractivity contribution >= 4 is 36.6 Å². The topological polar surface area (TPSA) is 17.1 Å². The van der Waals surface area contributed by atoms with Gasteiger partial charge in [0.1, 0.15) is 0 Å². The van der Waals surface area contributed by atoms with Gasteiger partial charge < -0.3 is 0 Å². The average Bonchev–Trinajstić information content (AvgIpc) is 2.20. The van der Waals surface area contributed by atoms with Crippen LogP contribution in [0.5, 0.6) is 0 Å². The van der Waals surface area contributed by atoms with Gasteiger partial charge >= 0.3 is 0 Å². The van der Waals surface area contributed by atoms with Crippen LogP contribution in [0, 0.1) is 0 Å². The fourth-order valence-corrected chi connectivity index (χ4v) is 1.50. The van der Waals surface area contributed by atoms with Gasteiger partial charge in [-0.25, -0.2) is 0 Å². The lowest BCUT2D eigenvalue weighted by molar-refractivity contribution is 0.112. The zero-order chi connectivity index (χ0) is 10.4. The summed E-state index contributed by atoms with van der Waals surface area (Å²) in [6, 6.07) is 5.29. The Morgan fingerprint density at radius 1 is 1.43 bits per heavy atom. The molecule has 0 unspecified atom stereocenters. The highest BCUT2D eigenvalue weighted by atomic mass is 35.5. The zero-order valence-corrected chi connectivity index (χ0v) is 9.26. The van der Waals surface area contributed by atoms with Crippen LogP contribution in [0.4, 0.5) is 0 Å². The molecule has 0 saturated carbocycles. The fraction of sp³-hybridized carbons (Fsp3) is 0.182. The number of carbonyl (C=O) groups excluding carboxylic acids is 1. The van der Waals surface area contributed by atoms with Crippen molar-refractivity contribution in [3.8, 4) is 0 Å². The Kier molecular flexibility index (Phi) is 4.77. The van der Waals surface area contributed by atoms with E-state index >= 15 is 0 Å². The zero-order valence-electron chi connectivity index (χ0n) is 7.61. The van der Waals surface area contributed by atoms with Crippen molar-refractivity contribution in [2.75, 3.05) is 5.75 Å². The largest absolute Gasteiger partial charge is 0.298 e. The van der Waals surface area contributed by atoms with Crippen LogP contribution in [0.15, 0.2) is 24.3 Å². The highest BCUT2D eigenvalue weighted by molar-refractivity contribution is 7.80. The lowest BCUT2D eigenvalue weighted by atomic mass is 10.1. The van der Waals surface area contributed by atoms with E-state index in [4.69, 9.17) is 11.6 Å². The van der Waals surface area contributed by atoms with Crippen molar-refractivity contribution in [3.05, 3.63) is 40.4 Å². The monoisotopic (exact) mass is 226 g/mol. The summed E-state index contributed by atoms with van der Waals surface area (Å²) in [7, 11) is 0. The highest BCUT2D eigenvalue weighted by Gasteiger charge is 2.01. The van der Waals surface area contributed by atoms with Gasteiger partial charge in [0.2, 0.25) is 0 Å². The predicted octanol–water partition coefficient (Wildman–Crippen LogP) is 3.49. The summed E-state index contributed by atoms with van der Waals surface area (Å²) in [5, 5.41) is 0.602. The van der Waals surface area contributed by atoms with E-state index in [-0.39, 0.29) is 0 Å². The summed E-state index contributed by atoms with van der Waals surface area (Å²) in [5.41, 5.74) is 1.40. The second-order valence-corrected chi connectivity index (χ2v) is 3.63. The number of allylic oxidation sites excluding steroid dienone is 1. The van der Waals surface area contributed by atoms with Crippen molar-refractivity contribution in [2.45, 2.75) is 6.42 Å². The lowest BCUT2D eigenvalue weighted by Gasteiger charge is -2.00. The van der Waals surface area contributed by atoms with Crippen LogP contribution in [0.3, 0.4) is 0 Å². The minimum Gasteiger partial charge on any atom is -0.298 e. The molecule has 0 saturated heterocycles. The van der Waals surface area contributed by atoms with Gasteiger partial charge in [-0.1, -0.05) is 35.9 Å². The smallest absolute Gasteiger partial charge is 0.150 e. The summed E-state index contributed by atoms with van der Waals surface area (Å²) in [4.78, 5) is 10.7. The molecule has 0 atom stereocenters. The van der Waals surface area contributed by atoms with Crippen molar-refractivity contribution in [3.63, 3.8) is 0 Å². The number of benzene rings is 1. The molecule has 0 aliphatic carbocycles. The van der Waals surface area contributed by atoms with Gasteiger partial charge in [-0.05, 0) is 18.2 Å². The molecule has 0 heterocycles. The average molecular weight is 227 g/mol. The maximum absolute atomic E-state index is 10.7. The summed E-state index contributed by atoms with van der Waals surface area (Å²) in [5.74, 6) is 0.789. The summed E-state index contributed by atoms with van der Waals surface area (Å²) >= 11 is 10.0. The maximum Gasteiger partial charge on any atom is 0.150 e. The molecule has 0 spiro atoms. The number of aldehydes is 1. The molecule has 74 valence electrons. The van der Waals surface area contributed by atoms with Crippen LogP contribution in [0.1, 0.15) is 22.3 Å². The van der Waals surface area contributed by atoms with E-state index in [2.05, 4.69) is 12.6 Å². The third kappa shape index (κ3) is 2.89.